The second kappa shape index (κ2) is 4.68. The SMILES string of the molecule is CCNC(C1=CCCCO1)C(F)(F)F. The van der Waals surface area contributed by atoms with E-state index in [0.29, 0.717) is 13.0 Å². The summed E-state index contributed by atoms with van der Waals surface area (Å²) in [5.41, 5.74) is 0. The second-order valence-corrected chi connectivity index (χ2v) is 3.13. The van der Waals surface area contributed by atoms with Crippen molar-refractivity contribution < 1.29 is 17.9 Å². The van der Waals surface area contributed by atoms with Gasteiger partial charge >= 0.3 is 6.18 Å². The Kier molecular flexibility index (Phi) is 3.80. The van der Waals surface area contributed by atoms with Crippen LogP contribution >= 0.6 is 0 Å². The van der Waals surface area contributed by atoms with Crippen LogP contribution in [0, 0.1) is 0 Å². The molecule has 1 aliphatic heterocycles. The molecule has 1 aliphatic rings. The maximum Gasteiger partial charge on any atom is 0.410 e. The minimum atomic E-state index is -4.28. The van der Waals surface area contributed by atoms with Crippen LogP contribution in [0.2, 0.25) is 0 Å². The number of nitrogens with one attached hydrogen (secondary N) is 1. The van der Waals surface area contributed by atoms with Gasteiger partial charge in [0.1, 0.15) is 5.76 Å². The van der Waals surface area contributed by atoms with Crippen molar-refractivity contribution in [3.63, 3.8) is 0 Å². The molecule has 1 N–H and O–H groups in total. The van der Waals surface area contributed by atoms with Crippen LogP contribution in [-0.4, -0.2) is 25.4 Å². The highest BCUT2D eigenvalue weighted by Gasteiger charge is 2.42. The summed E-state index contributed by atoms with van der Waals surface area (Å²) in [7, 11) is 0. The molecule has 1 rings (SSSR count). The minimum Gasteiger partial charge on any atom is -0.496 e. The van der Waals surface area contributed by atoms with Crippen molar-refractivity contribution in [1.29, 1.82) is 0 Å². The topological polar surface area (TPSA) is 21.3 Å². The maximum atomic E-state index is 12.5. The number of rotatable bonds is 3. The van der Waals surface area contributed by atoms with E-state index in [1.54, 1.807) is 6.92 Å². The van der Waals surface area contributed by atoms with E-state index in [9.17, 15) is 13.2 Å². The van der Waals surface area contributed by atoms with Gasteiger partial charge in [-0.15, -0.1) is 0 Å². The summed E-state index contributed by atoms with van der Waals surface area (Å²) in [6.45, 7) is 2.29. The quantitative estimate of drug-likeness (QED) is 0.769. The number of likely N-dealkylation sites (N-methyl/N-ethyl adjacent to an activating group) is 1. The van der Waals surface area contributed by atoms with Crippen molar-refractivity contribution in [3.8, 4) is 0 Å². The molecule has 1 heterocycles. The molecule has 0 spiro atoms. The molecule has 0 amide bonds. The Balaban J connectivity index is 2.71. The first-order valence-corrected chi connectivity index (χ1v) is 4.68. The standard InChI is InChI=1S/C9H14F3NO/c1-2-13-8(9(10,11)12)7-5-3-4-6-14-7/h5,8,13H,2-4,6H2,1H3. The summed E-state index contributed by atoms with van der Waals surface area (Å²) >= 11 is 0. The van der Waals surface area contributed by atoms with Crippen LogP contribution in [-0.2, 0) is 4.74 Å². The molecule has 0 saturated carbocycles. The average Bonchev–Trinajstić information content (AvgIpc) is 2.14. The van der Waals surface area contributed by atoms with E-state index in [2.05, 4.69) is 5.32 Å². The summed E-state index contributed by atoms with van der Waals surface area (Å²) in [5, 5.41) is 2.37. The molecule has 0 fully saturated rings. The zero-order chi connectivity index (χ0) is 10.6. The molecule has 0 aromatic heterocycles. The number of allylic oxidation sites excluding steroid dienone is 1. The lowest BCUT2D eigenvalue weighted by Gasteiger charge is -2.26. The maximum absolute atomic E-state index is 12.5. The van der Waals surface area contributed by atoms with E-state index in [0.717, 1.165) is 6.42 Å². The second-order valence-electron chi connectivity index (χ2n) is 3.13. The summed E-state index contributed by atoms with van der Waals surface area (Å²) in [4.78, 5) is 0. The molecule has 1 unspecified atom stereocenters. The largest absolute Gasteiger partial charge is 0.496 e. The van der Waals surface area contributed by atoms with E-state index >= 15 is 0 Å². The summed E-state index contributed by atoms with van der Waals surface area (Å²) in [6, 6.07) is -1.65. The molecule has 0 aliphatic carbocycles. The Morgan fingerprint density at radius 3 is 2.71 bits per heavy atom. The average molecular weight is 209 g/mol. The summed E-state index contributed by atoms with van der Waals surface area (Å²) in [5.74, 6) is 0.0191. The van der Waals surface area contributed by atoms with Crippen molar-refractivity contribution in [3.05, 3.63) is 11.8 Å². The number of hydrogen-bond acceptors (Lipinski definition) is 2. The van der Waals surface area contributed by atoms with Gasteiger partial charge in [0, 0.05) is 0 Å². The predicted octanol–water partition coefficient (Wildman–Crippen LogP) is 2.22. The van der Waals surface area contributed by atoms with E-state index in [4.69, 9.17) is 4.74 Å². The molecule has 82 valence electrons. The van der Waals surface area contributed by atoms with Gasteiger partial charge in [-0.05, 0) is 25.5 Å². The first-order chi connectivity index (χ1) is 6.55. The highest BCUT2D eigenvalue weighted by Crippen LogP contribution is 2.28. The van der Waals surface area contributed by atoms with Crippen LogP contribution in [0.1, 0.15) is 19.8 Å². The highest BCUT2D eigenvalue weighted by atomic mass is 19.4. The fourth-order valence-corrected chi connectivity index (χ4v) is 1.36. The lowest BCUT2D eigenvalue weighted by Crippen LogP contribution is -2.44. The lowest BCUT2D eigenvalue weighted by molar-refractivity contribution is -0.155. The molecule has 2 nitrogen and oxygen atoms in total. The van der Waals surface area contributed by atoms with E-state index in [-0.39, 0.29) is 12.3 Å². The van der Waals surface area contributed by atoms with Crippen molar-refractivity contribution in [1.82, 2.24) is 5.32 Å². The molecule has 5 heteroatoms. The molecule has 0 bridgehead atoms. The Bertz CT molecular complexity index is 213. The van der Waals surface area contributed by atoms with Gasteiger partial charge in [-0.25, -0.2) is 0 Å². The first-order valence-electron chi connectivity index (χ1n) is 4.68. The van der Waals surface area contributed by atoms with Crippen LogP contribution < -0.4 is 5.32 Å². The third-order valence-corrected chi connectivity index (χ3v) is 1.98. The molecule has 0 radical (unpaired) electrons. The van der Waals surface area contributed by atoms with Crippen LogP contribution in [0.25, 0.3) is 0 Å². The van der Waals surface area contributed by atoms with E-state index in [1.807, 2.05) is 0 Å². The number of hydrogen-bond donors (Lipinski definition) is 1. The normalized spacial score (nSPS) is 19.9. The van der Waals surface area contributed by atoms with Crippen LogP contribution in [0.3, 0.4) is 0 Å². The fraction of sp³-hybridized carbons (Fsp3) is 0.778. The smallest absolute Gasteiger partial charge is 0.410 e. The zero-order valence-electron chi connectivity index (χ0n) is 8.03. The summed E-state index contributed by atoms with van der Waals surface area (Å²) < 4.78 is 42.5. The predicted molar refractivity (Wildman–Crippen MR) is 46.8 cm³/mol. The first kappa shape index (κ1) is 11.4. The van der Waals surface area contributed by atoms with Gasteiger partial charge in [0.05, 0.1) is 6.61 Å². The van der Waals surface area contributed by atoms with Crippen molar-refractivity contribution in [2.24, 2.45) is 0 Å². The molecule has 0 aromatic carbocycles. The van der Waals surface area contributed by atoms with Gasteiger partial charge in [-0.1, -0.05) is 6.92 Å². The van der Waals surface area contributed by atoms with Crippen molar-refractivity contribution in [2.45, 2.75) is 32.0 Å². The van der Waals surface area contributed by atoms with Gasteiger partial charge in [0.15, 0.2) is 6.04 Å². The van der Waals surface area contributed by atoms with E-state index < -0.39 is 12.2 Å². The van der Waals surface area contributed by atoms with E-state index in [1.165, 1.54) is 6.08 Å². The van der Waals surface area contributed by atoms with Crippen LogP contribution in [0.4, 0.5) is 13.2 Å². The number of halogens is 3. The van der Waals surface area contributed by atoms with Gasteiger partial charge in [-0.2, -0.15) is 13.2 Å². The van der Waals surface area contributed by atoms with Crippen LogP contribution in [0.5, 0.6) is 0 Å². The molecule has 0 aromatic rings. The highest BCUT2D eigenvalue weighted by molar-refractivity contribution is 5.08. The Hall–Kier alpha value is -0.710. The molecular weight excluding hydrogens is 195 g/mol. The van der Waals surface area contributed by atoms with Gasteiger partial charge in [0.25, 0.3) is 0 Å². The molecule has 1 atom stereocenters. The van der Waals surface area contributed by atoms with Crippen LogP contribution in [0.15, 0.2) is 11.8 Å². The molecule has 14 heavy (non-hydrogen) atoms. The Morgan fingerprint density at radius 2 is 2.29 bits per heavy atom. The summed E-state index contributed by atoms with van der Waals surface area (Å²) in [6.07, 6.45) is -1.31. The van der Waals surface area contributed by atoms with Crippen molar-refractivity contribution in [2.75, 3.05) is 13.2 Å². The molecular formula is C9H14F3NO. The monoisotopic (exact) mass is 209 g/mol. The number of ether oxygens (including phenoxy) is 1. The molecule has 0 saturated heterocycles. The third kappa shape index (κ3) is 2.90. The van der Waals surface area contributed by atoms with Crippen molar-refractivity contribution >= 4 is 0 Å². The number of alkyl halides is 3. The minimum absolute atomic E-state index is 0.0191. The third-order valence-electron chi connectivity index (χ3n) is 1.98. The lowest BCUT2D eigenvalue weighted by atomic mass is 10.1. The van der Waals surface area contributed by atoms with Gasteiger partial charge in [0.2, 0.25) is 0 Å². The van der Waals surface area contributed by atoms with Gasteiger partial charge < -0.3 is 10.1 Å². The fourth-order valence-electron chi connectivity index (χ4n) is 1.36. The van der Waals surface area contributed by atoms with Gasteiger partial charge in [-0.3, -0.25) is 0 Å². The Labute approximate surface area is 81.1 Å². The zero-order valence-corrected chi connectivity index (χ0v) is 8.03. The Morgan fingerprint density at radius 1 is 1.57 bits per heavy atom.